The Morgan fingerprint density at radius 2 is 2.09 bits per heavy atom. The first-order chi connectivity index (χ1) is 11.0. The summed E-state index contributed by atoms with van der Waals surface area (Å²) in [7, 11) is 0. The maximum atomic E-state index is 11.8. The van der Waals surface area contributed by atoms with E-state index in [0.29, 0.717) is 29.7 Å². The van der Waals surface area contributed by atoms with Crippen molar-refractivity contribution < 1.29 is 19.0 Å². The molecular weight excluding hydrogens is 296 g/mol. The third-order valence-corrected chi connectivity index (χ3v) is 3.11. The van der Waals surface area contributed by atoms with Crippen molar-refractivity contribution in [2.75, 3.05) is 6.61 Å². The molecule has 23 heavy (non-hydrogen) atoms. The predicted molar refractivity (Wildman–Crippen MR) is 89.5 cm³/mol. The summed E-state index contributed by atoms with van der Waals surface area (Å²) in [6.07, 6.45) is 5.71. The first-order valence-electron chi connectivity index (χ1n) is 7.77. The molecule has 2 rings (SSSR count). The van der Waals surface area contributed by atoms with Gasteiger partial charge in [-0.3, -0.25) is 0 Å². The van der Waals surface area contributed by atoms with Gasteiger partial charge in [0, 0.05) is 6.07 Å². The average Bonchev–Trinajstić information content (AvgIpc) is 2.50. The molecule has 0 spiro atoms. The van der Waals surface area contributed by atoms with Crippen LogP contribution in [0.15, 0.2) is 39.6 Å². The minimum Gasteiger partial charge on any atom is -0.499 e. The largest absolute Gasteiger partial charge is 0.499 e. The second kappa shape index (κ2) is 7.72. The van der Waals surface area contributed by atoms with Crippen molar-refractivity contribution in [1.29, 1.82) is 0 Å². The summed E-state index contributed by atoms with van der Waals surface area (Å²) in [4.78, 5) is 11.8. The van der Waals surface area contributed by atoms with E-state index in [0.717, 1.165) is 6.42 Å². The molecule has 0 unspecified atom stereocenters. The summed E-state index contributed by atoms with van der Waals surface area (Å²) in [5.74, 6) is 0.241. The molecule has 0 saturated heterocycles. The molecular formula is C18H22O5. The van der Waals surface area contributed by atoms with E-state index in [4.69, 9.17) is 13.9 Å². The SMILES string of the molecule is CCC=CCCOc1c(O)c(=O)oc2cc(OC(C)C)ccc12. The average molecular weight is 318 g/mol. The zero-order valence-electron chi connectivity index (χ0n) is 13.7. The highest BCUT2D eigenvalue weighted by molar-refractivity contribution is 5.86. The Morgan fingerprint density at radius 3 is 2.78 bits per heavy atom. The molecule has 5 nitrogen and oxygen atoms in total. The summed E-state index contributed by atoms with van der Waals surface area (Å²) in [6.45, 7) is 6.24. The molecule has 2 aromatic rings. The van der Waals surface area contributed by atoms with Crippen molar-refractivity contribution in [2.45, 2.75) is 39.7 Å². The Labute approximate surface area is 135 Å². The zero-order chi connectivity index (χ0) is 16.8. The lowest BCUT2D eigenvalue weighted by Crippen LogP contribution is -2.07. The molecule has 1 aromatic heterocycles. The van der Waals surface area contributed by atoms with Gasteiger partial charge in [-0.1, -0.05) is 19.1 Å². The third-order valence-electron chi connectivity index (χ3n) is 3.11. The molecule has 0 aliphatic heterocycles. The van der Waals surface area contributed by atoms with E-state index >= 15 is 0 Å². The standard InChI is InChI=1S/C18H22O5/c1-4-5-6-7-10-21-17-14-9-8-13(22-12(2)3)11-15(14)23-18(20)16(17)19/h5-6,8-9,11-12,19H,4,7,10H2,1-3H3. The van der Waals surface area contributed by atoms with Crippen molar-refractivity contribution in [3.63, 3.8) is 0 Å². The minimum absolute atomic E-state index is 0.0114. The van der Waals surface area contributed by atoms with Crippen LogP contribution in [0.25, 0.3) is 11.0 Å². The second-order valence-corrected chi connectivity index (χ2v) is 5.41. The number of rotatable bonds is 7. The first-order valence-corrected chi connectivity index (χ1v) is 7.77. The van der Waals surface area contributed by atoms with E-state index in [1.807, 2.05) is 26.0 Å². The van der Waals surface area contributed by atoms with Crippen molar-refractivity contribution in [3.05, 3.63) is 40.8 Å². The zero-order valence-corrected chi connectivity index (χ0v) is 13.7. The molecule has 0 fully saturated rings. The molecule has 0 bridgehead atoms. The molecule has 1 heterocycles. The lowest BCUT2D eigenvalue weighted by atomic mass is 10.2. The van der Waals surface area contributed by atoms with Gasteiger partial charge in [-0.15, -0.1) is 0 Å². The van der Waals surface area contributed by atoms with Gasteiger partial charge in [-0.05, 0) is 38.8 Å². The fourth-order valence-corrected chi connectivity index (χ4v) is 2.15. The van der Waals surface area contributed by atoms with Crippen molar-refractivity contribution >= 4 is 11.0 Å². The quantitative estimate of drug-likeness (QED) is 0.474. The van der Waals surface area contributed by atoms with E-state index in [-0.39, 0.29) is 11.9 Å². The highest BCUT2D eigenvalue weighted by atomic mass is 16.5. The van der Waals surface area contributed by atoms with Crippen LogP contribution in [0.3, 0.4) is 0 Å². The van der Waals surface area contributed by atoms with Gasteiger partial charge in [0.25, 0.3) is 0 Å². The highest BCUT2D eigenvalue weighted by Gasteiger charge is 2.16. The van der Waals surface area contributed by atoms with E-state index in [1.54, 1.807) is 18.2 Å². The Kier molecular flexibility index (Phi) is 5.68. The van der Waals surface area contributed by atoms with Crippen molar-refractivity contribution in [3.8, 4) is 17.2 Å². The van der Waals surface area contributed by atoms with Gasteiger partial charge >= 0.3 is 5.63 Å². The van der Waals surface area contributed by atoms with Gasteiger partial charge < -0.3 is 19.0 Å². The first kappa shape index (κ1) is 16.9. The Morgan fingerprint density at radius 1 is 1.30 bits per heavy atom. The van der Waals surface area contributed by atoms with Crippen LogP contribution < -0.4 is 15.1 Å². The Balaban J connectivity index is 2.32. The van der Waals surface area contributed by atoms with Gasteiger partial charge in [0.1, 0.15) is 11.3 Å². The topological polar surface area (TPSA) is 68.9 Å². The van der Waals surface area contributed by atoms with Gasteiger partial charge in [0.2, 0.25) is 5.75 Å². The number of benzene rings is 1. The predicted octanol–water partition coefficient (Wildman–Crippen LogP) is 4.02. The summed E-state index contributed by atoms with van der Waals surface area (Å²) in [5.41, 5.74) is -0.497. The number of hydrogen-bond acceptors (Lipinski definition) is 5. The molecule has 5 heteroatoms. The summed E-state index contributed by atoms with van der Waals surface area (Å²) < 4.78 is 16.3. The number of ether oxygens (including phenoxy) is 2. The van der Waals surface area contributed by atoms with E-state index in [9.17, 15) is 9.90 Å². The smallest absolute Gasteiger partial charge is 0.382 e. The van der Waals surface area contributed by atoms with Crippen LogP contribution in [-0.2, 0) is 0 Å². The van der Waals surface area contributed by atoms with Crippen molar-refractivity contribution in [1.82, 2.24) is 0 Å². The fraction of sp³-hybridized carbons (Fsp3) is 0.389. The Bertz CT molecular complexity index is 743. The summed E-state index contributed by atoms with van der Waals surface area (Å²) in [6, 6.07) is 5.10. The minimum atomic E-state index is -0.821. The number of fused-ring (bicyclic) bond motifs is 1. The van der Waals surface area contributed by atoms with Gasteiger partial charge in [-0.25, -0.2) is 4.79 Å². The van der Waals surface area contributed by atoms with Gasteiger partial charge in [-0.2, -0.15) is 0 Å². The lowest BCUT2D eigenvalue weighted by molar-refractivity contribution is 0.242. The molecule has 0 saturated carbocycles. The van der Waals surface area contributed by atoms with Crippen LogP contribution in [-0.4, -0.2) is 17.8 Å². The van der Waals surface area contributed by atoms with Crippen LogP contribution in [0, 0.1) is 0 Å². The Hall–Kier alpha value is -2.43. The molecule has 0 aliphatic carbocycles. The molecule has 0 aliphatic rings. The lowest BCUT2D eigenvalue weighted by Gasteiger charge is -2.12. The van der Waals surface area contributed by atoms with Crippen LogP contribution in [0.1, 0.15) is 33.6 Å². The normalized spacial score (nSPS) is 11.5. The molecule has 0 atom stereocenters. The van der Waals surface area contributed by atoms with Crippen LogP contribution >= 0.6 is 0 Å². The molecule has 0 amide bonds. The molecule has 1 aromatic carbocycles. The van der Waals surface area contributed by atoms with E-state index < -0.39 is 11.4 Å². The molecule has 124 valence electrons. The van der Waals surface area contributed by atoms with E-state index in [2.05, 4.69) is 6.92 Å². The number of hydrogen-bond donors (Lipinski definition) is 1. The van der Waals surface area contributed by atoms with Gasteiger partial charge in [0.05, 0.1) is 18.1 Å². The van der Waals surface area contributed by atoms with Gasteiger partial charge in [0.15, 0.2) is 5.75 Å². The number of allylic oxidation sites excluding steroid dienone is 1. The number of aromatic hydroxyl groups is 1. The third kappa shape index (κ3) is 4.28. The maximum absolute atomic E-state index is 11.8. The molecule has 0 radical (unpaired) electrons. The van der Waals surface area contributed by atoms with Crippen LogP contribution in [0.2, 0.25) is 0 Å². The monoisotopic (exact) mass is 318 g/mol. The van der Waals surface area contributed by atoms with Crippen LogP contribution in [0.5, 0.6) is 17.2 Å². The van der Waals surface area contributed by atoms with E-state index in [1.165, 1.54) is 0 Å². The second-order valence-electron chi connectivity index (χ2n) is 5.41. The van der Waals surface area contributed by atoms with Crippen LogP contribution in [0.4, 0.5) is 0 Å². The fourth-order valence-electron chi connectivity index (χ4n) is 2.15. The van der Waals surface area contributed by atoms with Crippen molar-refractivity contribution in [2.24, 2.45) is 0 Å². The highest BCUT2D eigenvalue weighted by Crippen LogP contribution is 2.34. The maximum Gasteiger partial charge on any atom is 0.382 e. The summed E-state index contributed by atoms with van der Waals surface area (Å²) >= 11 is 0. The molecule has 1 N–H and O–H groups in total. The summed E-state index contributed by atoms with van der Waals surface area (Å²) in [5, 5.41) is 10.5.